The van der Waals surface area contributed by atoms with Crippen molar-refractivity contribution in [3.8, 4) is 11.6 Å². The standard InChI is InChI=1S/C28H38N6O6/c1-28(2,37)16-39-23-11-10-22-20(14-31-34(22)24(23)17-4-5-17)26(36)32-18-6-8-19(9-7-18)40-27-21(25(29)35)15-30-33(27)12-13-38-3/h10-11,14-15,17-19,37H,4-9,12-13,16H2,1-3H3,(H2,29,35)(H,32,36). The summed E-state index contributed by atoms with van der Waals surface area (Å²) in [7, 11) is 1.60. The molecule has 3 aromatic rings. The van der Waals surface area contributed by atoms with Crippen LogP contribution in [-0.4, -0.2) is 74.4 Å². The molecule has 12 heteroatoms. The van der Waals surface area contributed by atoms with E-state index < -0.39 is 11.5 Å². The third-order valence-corrected chi connectivity index (χ3v) is 7.32. The van der Waals surface area contributed by atoms with Gasteiger partial charge in [-0.3, -0.25) is 9.59 Å². The van der Waals surface area contributed by atoms with Crippen LogP contribution >= 0.6 is 0 Å². The van der Waals surface area contributed by atoms with E-state index in [4.69, 9.17) is 19.9 Å². The van der Waals surface area contributed by atoms with Gasteiger partial charge in [0.05, 0.1) is 47.9 Å². The van der Waals surface area contributed by atoms with Crippen molar-refractivity contribution < 1.29 is 28.9 Å². The predicted molar refractivity (Wildman–Crippen MR) is 146 cm³/mol. The number of amides is 2. The van der Waals surface area contributed by atoms with Crippen molar-refractivity contribution in [1.82, 2.24) is 24.7 Å². The SMILES string of the molecule is COCCn1ncc(C(N)=O)c1OC1CCC(NC(=O)c2cnn3c(C4CC4)c(OCC(C)(C)O)ccc23)CC1. The summed E-state index contributed by atoms with van der Waals surface area (Å²) in [4.78, 5) is 25.2. The minimum atomic E-state index is -0.954. The average Bonchev–Trinajstić information content (AvgIpc) is 3.53. The van der Waals surface area contributed by atoms with Crippen LogP contribution in [0.2, 0.25) is 0 Å². The van der Waals surface area contributed by atoms with Crippen LogP contribution in [0.4, 0.5) is 0 Å². The van der Waals surface area contributed by atoms with Crippen molar-refractivity contribution in [2.24, 2.45) is 5.73 Å². The molecule has 2 fully saturated rings. The van der Waals surface area contributed by atoms with Crippen LogP contribution in [0, 0.1) is 0 Å². The Labute approximate surface area is 232 Å². The lowest BCUT2D eigenvalue weighted by Crippen LogP contribution is -2.40. The molecule has 40 heavy (non-hydrogen) atoms. The molecule has 0 radical (unpaired) electrons. The lowest BCUT2D eigenvalue weighted by molar-refractivity contribution is 0.0279. The number of methoxy groups -OCH3 is 1. The summed E-state index contributed by atoms with van der Waals surface area (Å²) in [5, 5.41) is 22.0. The number of primary amides is 1. The fourth-order valence-corrected chi connectivity index (χ4v) is 5.09. The number of nitrogens with two attached hydrogens (primary N) is 1. The van der Waals surface area contributed by atoms with E-state index in [2.05, 4.69) is 15.5 Å². The van der Waals surface area contributed by atoms with E-state index in [1.54, 1.807) is 36.4 Å². The molecule has 3 heterocycles. The fraction of sp³-hybridized carbons (Fsp3) is 0.571. The van der Waals surface area contributed by atoms with Crippen molar-refractivity contribution in [2.45, 2.75) is 82.6 Å². The van der Waals surface area contributed by atoms with E-state index >= 15 is 0 Å². The summed E-state index contributed by atoms with van der Waals surface area (Å²) < 4.78 is 20.6. The number of carbonyl (C=O) groups is 2. The Morgan fingerprint density at radius 3 is 2.48 bits per heavy atom. The van der Waals surface area contributed by atoms with Gasteiger partial charge in [-0.2, -0.15) is 10.2 Å². The normalized spacial score (nSPS) is 19.5. The maximum Gasteiger partial charge on any atom is 0.255 e. The first-order valence-electron chi connectivity index (χ1n) is 13.8. The Morgan fingerprint density at radius 1 is 1.10 bits per heavy atom. The van der Waals surface area contributed by atoms with E-state index in [-0.39, 0.29) is 30.2 Å². The van der Waals surface area contributed by atoms with Crippen LogP contribution in [-0.2, 0) is 11.3 Å². The van der Waals surface area contributed by atoms with Gasteiger partial charge in [-0.15, -0.1) is 0 Å². The smallest absolute Gasteiger partial charge is 0.255 e. The predicted octanol–water partition coefficient (Wildman–Crippen LogP) is 2.42. The number of pyridine rings is 1. The van der Waals surface area contributed by atoms with Gasteiger partial charge in [0, 0.05) is 19.1 Å². The third kappa shape index (κ3) is 6.23. The highest BCUT2D eigenvalue weighted by Gasteiger charge is 2.32. The number of nitrogens with zero attached hydrogens (tertiary/aromatic N) is 4. The number of carbonyl (C=O) groups excluding carboxylic acids is 2. The molecule has 0 aromatic carbocycles. The molecule has 0 bridgehead atoms. The van der Waals surface area contributed by atoms with Gasteiger partial charge in [-0.05, 0) is 64.5 Å². The third-order valence-electron chi connectivity index (χ3n) is 7.32. The number of hydrogen-bond donors (Lipinski definition) is 3. The Morgan fingerprint density at radius 2 is 1.82 bits per heavy atom. The summed E-state index contributed by atoms with van der Waals surface area (Å²) in [6, 6.07) is 3.71. The molecular weight excluding hydrogens is 516 g/mol. The molecular formula is C28H38N6O6. The number of rotatable bonds is 12. The number of aromatic nitrogens is 4. The van der Waals surface area contributed by atoms with E-state index in [0.29, 0.717) is 49.1 Å². The highest BCUT2D eigenvalue weighted by atomic mass is 16.5. The summed E-state index contributed by atoms with van der Waals surface area (Å²) in [6.07, 6.45) is 7.88. The molecule has 0 spiro atoms. The minimum absolute atomic E-state index is 0.00592. The zero-order valence-electron chi connectivity index (χ0n) is 23.3. The summed E-state index contributed by atoms with van der Waals surface area (Å²) in [5.41, 5.74) is 7.01. The molecule has 2 aliphatic carbocycles. The van der Waals surface area contributed by atoms with Gasteiger partial charge in [-0.1, -0.05) is 0 Å². The summed E-state index contributed by atoms with van der Waals surface area (Å²) in [5.74, 6) is 0.621. The van der Waals surface area contributed by atoms with Crippen molar-refractivity contribution in [1.29, 1.82) is 0 Å². The van der Waals surface area contributed by atoms with E-state index in [1.165, 1.54) is 6.20 Å². The van der Waals surface area contributed by atoms with Crippen LogP contribution in [0.3, 0.4) is 0 Å². The second-order valence-electron chi connectivity index (χ2n) is 11.3. The zero-order valence-corrected chi connectivity index (χ0v) is 23.3. The number of aliphatic hydroxyl groups is 1. The molecule has 216 valence electrons. The molecule has 0 saturated heterocycles. The van der Waals surface area contributed by atoms with Crippen LogP contribution < -0.4 is 20.5 Å². The Bertz CT molecular complexity index is 1360. The van der Waals surface area contributed by atoms with Crippen molar-refractivity contribution in [2.75, 3.05) is 20.3 Å². The van der Waals surface area contributed by atoms with E-state index in [1.807, 2.05) is 12.1 Å². The largest absolute Gasteiger partial charge is 0.489 e. The second-order valence-corrected chi connectivity index (χ2v) is 11.3. The summed E-state index contributed by atoms with van der Waals surface area (Å²) >= 11 is 0. The molecule has 0 atom stereocenters. The highest BCUT2D eigenvalue weighted by molar-refractivity contribution is 6.01. The number of nitrogens with one attached hydrogen (secondary N) is 1. The zero-order chi connectivity index (χ0) is 28.4. The first-order valence-corrected chi connectivity index (χ1v) is 13.8. The van der Waals surface area contributed by atoms with Crippen LogP contribution in [0.1, 0.15) is 84.7 Å². The monoisotopic (exact) mass is 554 g/mol. The average molecular weight is 555 g/mol. The van der Waals surface area contributed by atoms with Gasteiger partial charge >= 0.3 is 0 Å². The van der Waals surface area contributed by atoms with Crippen LogP contribution in [0.5, 0.6) is 11.6 Å². The molecule has 0 unspecified atom stereocenters. The molecule has 4 N–H and O–H groups in total. The fourth-order valence-electron chi connectivity index (χ4n) is 5.09. The van der Waals surface area contributed by atoms with Gasteiger partial charge in [0.25, 0.3) is 11.8 Å². The van der Waals surface area contributed by atoms with Crippen LogP contribution in [0.15, 0.2) is 24.5 Å². The highest BCUT2D eigenvalue weighted by Crippen LogP contribution is 2.44. The Hall–Kier alpha value is -3.64. The lowest BCUT2D eigenvalue weighted by atomic mass is 9.92. The van der Waals surface area contributed by atoms with E-state index in [9.17, 15) is 14.7 Å². The molecule has 0 aliphatic heterocycles. The lowest BCUT2D eigenvalue weighted by Gasteiger charge is -2.29. The Kier molecular flexibility index (Phi) is 7.99. The molecule has 5 rings (SSSR count). The minimum Gasteiger partial charge on any atom is -0.489 e. The molecule has 12 nitrogen and oxygen atoms in total. The molecule has 2 aliphatic rings. The number of fused-ring (bicyclic) bond motifs is 1. The first kappa shape index (κ1) is 27.9. The quantitative estimate of drug-likeness (QED) is 0.308. The summed E-state index contributed by atoms with van der Waals surface area (Å²) in [6.45, 7) is 4.44. The van der Waals surface area contributed by atoms with Gasteiger partial charge in [0.15, 0.2) is 0 Å². The molecule has 2 saturated carbocycles. The van der Waals surface area contributed by atoms with Gasteiger partial charge in [-0.25, -0.2) is 9.20 Å². The van der Waals surface area contributed by atoms with Crippen molar-refractivity contribution in [3.05, 3.63) is 41.3 Å². The first-order chi connectivity index (χ1) is 19.1. The van der Waals surface area contributed by atoms with Gasteiger partial charge < -0.3 is 30.4 Å². The Balaban J connectivity index is 1.22. The van der Waals surface area contributed by atoms with Gasteiger partial charge in [0.1, 0.15) is 24.0 Å². The molecule has 3 aromatic heterocycles. The van der Waals surface area contributed by atoms with Crippen molar-refractivity contribution >= 4 is 17.3 Å². The number of ether oxygens (including phenoxy) is 3. The number of hydrogen-bond acceptors (Lipinski definition) is 8. The maximum atomic E-state index is 13.3. The molecule has 2 amide bonds. The van der Waals surface area contributed by atoms with Gasteiger partial charge in [0.2, 0.25) is 5.88 Å². The van der Waals surface area contributed by atoms with Crippen molar-refractivity contribution in [3.63, 3.8) is 0 Å². The maximum absolute atomic E-state index is 13.3. The van der Waals surface area contributed by atoms with E-state index in [0.717, 1.165) is 36.9 Å². The second kappa shape index (κ2) is 11.5. The topological polar surface area (TPSA) is 155 Å². The van der Waals surface area contributed by atoms with Crippen LogP contribution in [0.25, 0.3) is 5.52 Å².